The predicted octanol–water partition coefficient (Wildman–Crippen LogP) is 3.15. The first-order valence-electron chi connectivity index (χ1n) is 6.75. The summed E-state index contributed by atoms with van der Waals surface area (Å²) in [5, 5.41) is 3.13. The number of urea groups is 1. The number of carbonyl (C=O) groups excluding carboxylic acids is 1. The zero-order valence-electron chi connectivity index (χ0n) is 10.8. The molecule has 0 atom stereocenters. The van der Waals surface area contributed by atoms with Gasteiger partial charge >= 0.3 is 6.03 Å². The zero-order chi connectivity index (χ0) is 11.8. The van der Waals surface area contributed by atoms with Gasteiger partial charge in [0.15, 0.2) is 0 Å². The molecular weight excluding hydrogens is 200 g/mol. The van der Waals surface area contributed by atoms with Crippen LogP contribution in [0, 0.1) is 0 Å². The molecule has 0 aliphatic heterocycles. The number of amides is 2. The number of hydrogen-bond acceptors (Lipinski definition) is 1. The van der Waals surface area contributed by atoms with Gasteiger partial charge in [0, 0.05) is 19.6 Å². The summed E-state index contributed by atoms with van der Waals surface area (Å²) in [7, 11) is 1.90. The topological polar surface area (TPSA) is 32.3 Å². The molecule has 1 fully saturated rings. The number of carbonyl (C=O) groups is 1. The largest absolute Gasteiger partial charge is 0.335 e. The highest BCUT2D eigenvalue weighted by Gasteiger charge is 2.17. The second-order valence-corrected chi connectivity index (χ2v) is 4.91. The van der Waals surface area contributed by atoms with Crippen LogP contribution in [0.4, 0.5) is 4.79 Å². The Kier molecular flexibility index (Phi) is 6.27. The van der Waals surface area contributed by atoms with Crippen molar-refractivity contribution < 1.29 is 4.79 Å². The van der Waals surface area contributed by atoms with Crippen molar-refractivity contribution in [2.24, 2.45) is 0 Å². The van der Waals surface area contributed by atoms with Gasteiger partial charge in [0.2, 0.25) is 0 Å². The van der Waals surface area contributed by atoms with Gasteiger partial charge in [-0.25, -0.2) is 4.79 Å². The lowest BCUT2D eigenvalue weighted by molar-refractivity contribution is 0.199. The SMILES string of the molecule is CCCCCN(C)C(=O)NC1CCCCC1. The smallest absolute Gasteiger partial charge is 0.317 e. The molecule has 0 spiro atoms. The van der Waals surface area contributed by atoms with Gasteiger partial charge in [0.25, 0.3) is 0 Å². The third-order valence-corrected chi connectivity index (χ3v) is 3.38. The third kappa shape index (κ3) is 4.86. The molecule has 0 bridgehead atoms. The Morgan fingerprint density at radius 1 is 1.25 bits per heavy atom. The molecule has 0 aromatic heterocycles. The van der Waals surface area contributed by atoms with Gasteiger partial charge in [0.05, 0.1) is 0 Å². The Morgan fingerprint density at radius 2 is 1.94 bits per heavy atom. The van der Waals surface area contributed by atoms with Crippen LogP contribution < -0.4 is 5.32 Å². The van der Waals surface area contributed by atoms with Gasteiger partial charge < -0.3 is 10.2 Å². The minimum Gasteiger partial charge on any atom is -0.335 e. The van der Waals surface area contributed by atoms with Crippen LogP contribution in [0.2, 0.25) is 0 Å². The van der Waals surface area contributed by atoms with E-state index in [1.54, 1.807) is 0 Å². The molecule has 0 unspecified atom stereocenters. The fourth-order valence-electron chi connectivity index (χ4n) is 2.23. The molecule has 0 aromatic rings. The molecule has 1 rings (SSSR count). The highest BCUT2D eigenvalue weighted by molar-refractivity contribution is 5.74. The average Bonchev–Trinajstić information content (AvgIpc) is 2.30. The standard InChI is InChI=1S/C13H26N2O/c1-3-4-8-11-15(2)13(16)14-12-9-6-5-7-10-12/h12H,3-11H2,1-2H3,(H,14,16). The summed E-state index contributed by atoms with van der Waals surface area (Å²) in [5.41, 5.74) is 0. The lowest BCUT2D eigenvalue weighted by Crippen LogP contribution is -2.44. The summed E-state index contributed by atoms with van der Waals surface area (Å²) < 4.78 is 0. The molecule has 1 aliphatic carbocycles. The van der Waals surface area contributed by atoms with Crippen molar-refractivity contribution >= 4 is 6.03 Å². The number of unbranched alkanes of at least 4 members (excludes halogenated alkanes) is 2. The molecule has 3 heteroatoms. The number of rotatable bonds is 5. The molecule has 16 heavy (non-hydrogen) atoms. The van der Waals surface area contributed by atoms with Crippen LogP contribution in [0.5, 0.6) is 0 Å². The fourth-order valence-corrected chi connectivity index (χ4v) is 2.23. The Bertz CT molecular complexity index is 200. The summed E-state index contributed by atoms with van der Waals surface area (Å²) in [6.45, 7) is 3.06. The highest BCUT2D eigenvalue weighted by Crippen LogP contribution is 2.17. The lowest BCUT2D eigenvalue weighted by Gasteiger charge is -2.26. The van der Waals surface area contributed by atoms with E-state index in [1.165, 1.54) is 32.1 Å². The normalized spacial score (nSPS) is 17.1. The lowest BCUT2D eigenvalue weighted by atomic mass is 9.96. The molecule has 1 aliphatic rings. The summed E-state index contributed by atoms with van der Waals surface area (Å²) in [5.74, 6) is 0. The summed E-state index contributed by atoms with van der Waals surface area (Å²) in [6, 6.07) is 0.540. The molecule has 0 radical (unpaired) electrons. The van der Waals surface area contributed by atoms with E-state index in [0.717, 1.165) is 25.8 Å². The van der Waals surface area contributed by atoms with Crippen molar-refractivity contribution in [1.82, 2.24) is 10.2 Å². The van der Waals surface area contributed by atoms with Crippen LogP contribution in [0.1, 0.15) is 58.3 Å². The van der Waals surface area contributed by atoms with E-state index in [1.807, 2.05) is 11.9 Å². The first-order chi connectivity index (χ1) is 7.74. The van der Waals surface area contributed by atoms with Gasteiger partial charge in [-0.15, -0.1) is 0 Å². The van der Waals surface area contributed by atoms with Gasteiger partial charge in [-0.1, -0.05) is 39.0 Å². The van der Waals surface area contributed by atoms with Crippen molar-refractivity contribution in [3.63, 3.8) is 0 Å². The second-order valence-electron chi connectivity index (χ2n) is 4.91. The molecule has 0 saturated heterocycles. The van der Waals surface area contributed by atoms with E-state index < -0.39 is 0 Å². The second kappa shape index (κ2) is 7.53. The molecule has 94 valence electrons. The number of hydrogen-bond donors (Lipinski definition) is 1. The molecular formula is C13H26N2O. The average molecular weight is 226 g/mol. The van der Waals surface area contributed by atoms with Crippen molar-refractivity contribution in [1.29, 1.82) is 0 Å². The number of nitrogens with one attached hydrogen (secondary N) is 1. The van der Waals surface area contributed by atoms with Crippen molar-refractivity contribution in [3.05, 3.63) is 0 Å². The van der Waals surface area contributed by atoms with Crippen molar-refractivity contribution in [3.8, 4) is 0 Å². The molecule has 0 heterocycles. The van der Waals surface area contributed by atoms with E-state index in [9.17, 15) is 4.79 Å². The van der Waals surface area contributed by atoms with E-state index in [4.69, 9.17) is 0 Å². The molecule has 3 nitrogen and oxygen atoms in total. The maximum atomic E-state index is 11.8. The van der Waals surface area contributed by atoms with E-state index in [0.29, 0.717) is 6.04 Å². The minimum atomic E-state index is 0.114. The molecule has 1 N–H and O–H groups in total. The van der Waals surface area contributed by atoms with E-state index >= 15 is 0 Å². The Hall–Kier alpha value is -0.730. The van der Waals surface area contributed by atoms with Crippen LogP contribution in [0.25, 0.3) is 0 Å². The summed E-state index contributed by atoms with van der Waals surface area (Å²) in [6.07, 6.45) is 9.72. The van der Waals surface area contributed by atoms with Gasteiger partial charge in [0.1, 0.15) is 0 Å². The zero-order valence-corrected chi connectivity index (χ0v) is 10.8. The maximum Gasteiger partial charge on any atom is 0.317 e. The van der Waals surface area contributed by atoms with E-state index in [2.05, 4.69) is 12.2 Å². The molecule has 2 amide bonds. The molecule has 1 saturated carbocycles. The summed E-state index contributed by atoms with van der Waals surface area (Å²) >= 11 is 0. The quantitative estimate of drug-likeness (QED) is 0.718. The van der Waals surface area contributed by atoms with Crippen molar-refractivity contribution in [2.45, 2.75) is 64.3 Å². The van der Waals surface area contributed by atoms with Gasteiger partial charge in [-0.3, -0.25) is 0 Å². The summed E-state index contributed by atoms with van der Waals surface area (Å²) in [4.78, 5) is 13.6. The number of nitrogens with zero attached hydrogens (tertiary/aromatic N) is 1. The van der Waals surface area contributed by atoms with Crippen molar-refractivity contribution in [2.75, 3.05) is 13.6 Å². The van der Waals surface area contributed by atoms with Crippen LogP contribution >= 0.6 is 0 Å². The predicted molar refractivity (Wildman–Crippen MR) is 67.6 cm³/mol. The third-order valence-electron chi connectivity index (χ3n) is 3.38. The van der Waals surface area contributed by atoms with Crippen LogP contribution in [0.15, 0.2) is 0 Å². The highest BCUT2D eigenvalue weighted by atomic mass is 16.2. The maximum absolute atomic E-state index is 11.8. The fraction of sp³-hybridized carbons (Fsp3) is 0.923. The first-order valence-corrected chi connectivity index (χ1v) is 6.75. The molecule has 0 aromatic carbocycles. The Balaban J connectivity index is 2.16. The van der Waals surface area contributed by atoms with Crippen LogP contribution in [-0.2, 0) is 0 Å². The van der Waals surface area contributed by atoms with Gasteiger partial charge in [-0.2, -0.15) is 0 Å². The monoisotopic (exact) mass is 226 g/mol. The minimum absolute atomic E-state index is 0.114. The van der Waals surface area contributed by atoms with Crippen LogP contribution in [-0.4, -0.2) is 30.6 Å². The Morgan fingerprint density at radius 3 is 2.56 bits per heavy atom. The van der Waals surface area contributed by atoms with Crippen LogP contribution in [0.3, 0.4) is 0 Å². The van der Waals surface area contributed by atoms with Gasteiger partial charge in [-0.05, 0) is 19.3 Å². The van der Waals surface area contributed by atoms with E-state index in [-0.39, 0.29) is 6.03 Å². The first kappa shape index (κ1) is 13.3. The Labute approximate surface area is 99.6 Å².